The minimum atomic E-state index is -0.174. The molecular formula is C14H22N2O2. The molecule has 1 fully saturated rings. The Bertz CT molecular complexity index is 362. The number of rotatable bonds is 5. The van der Waals surface area contributed by atoms with Crippen molar-refractivity contribution in [2.75, 3.05) is 13.1 Å². The van der Waals surface area contributed by atoms with Crippen molar-refractivity contribution in [3.8, 4) is 0 Å². The van der Waals surface area contributed by atoms with Gasteiger partial charge in [0, 0.05) is 0 Å². The van der Waals surface area contributed by atoms with Crippen molar-refractivity contribution >= 4 is 5.91 Å². The van der Waals surface area contributed by atoms with E-state index in [0.717, 1.165) is 44.5 Å². The minimum Gasteiger partial charge on any atom is -0.467 e. The van der Waals surface area contributed by atoms with Crippen molar-refractivity contribution in [3.05, 3.63) is 24.2 Å². The molecule has 0 bridgehead atoms. The molecule has 0 aromatic carbocycles. The summed E-state index contributed by atoms with van der Waals surface area (Å²) in [4.78, 5) is 12.4. The number of carbonyl (C=O) groups is 1. The summed E-state index contributed by atoms with van der Waals surface area (Å²) in [5, 5.41) is 6.34. The molecule has 1 aliphatic heterocycles. The molecule has 0 unspecified atom stereocenters. The van der Waals surface area contributed by atoms with Crippen LogP contribution in [-0.2, 0) is 11.3 Å². The van der Waals surface area contributed by atoms with Crippen LogP contribution < -0.4 is 10.6 Å². The second-order valence-electron chi connectivity index (χ2n) is 5.04. The van der Waals surface area contributed by atoms with Crippen molar-refractivity contribution in [1.82, 2.24) is 10.6 Å². The van der Waals surface area contributed by atoms with Gasteiger partial charge in [-0.2, -0.15) is 0 Å². The first-order chi connectivity index (χ1) is 8.77. The summed E-state index contributed by atoms with van der Waals surface area (Å²) in [6.45, 7) is 4.51. The van der Waals surface area contributed by atoms with E-state index in [0.29, 0.717) is 6.54 Å². The Balaban J connectivity index is 1.95. The lowest BCUT2D eigenvalue weighted by molar-refractivity contribution is -0.133. The third kappa shape index (κ3) is 2.93. The molecule has 18 heavy (non-hydrogen) atoms. The van der Waals surface area contributed by atoms with E-state index in [9.17, 15) is 4.79 Å². The van der Waals surface area contributed by atoms with Crippen LogP contribution in [0.15, 0.2) is 22.8 Å². The number of furan rings is 1. The first kappa shape index (κ1) is 13.1. The number of hydrogen-bond acceptors (Lipinski definition) is 3. The lowest BCUT2D eigenvalue weighted by Crippen LogP contribution is -2.47. The summed E-state index contributed by atoms with van der Waals surface area (Å²) in [7, 11) is 0. The fourth-order valence-corrected chi connectivity index (χ4v) is 2.74. The molecule has 0 aliphatic carbocycles. The molecule has 2 rings (SSSR count). The summed E-state index contributed by atoms with van der Waals surface area (Å²) in [5.74, 6) is 0.992. The maximum atomic E-state index is 12.4. The SMILES string of the molecule is CCCC1(C(=O)NCc2ccco2)CCNCC1. The number of hydrogen-bond donors (Lipinski definition) is 2. The molecule has 1 saturated heterocycles. The molecule has 4 nitrogen and oxygen atoms in total. The summed E-state index contributed by atoms with van der Waals surface area (Å²) >= 11 is 0. The van der Waals surface area contributed by atoms with Crippen molar-refractivity contribution in [3.63, 3.8) is 0 Å². The van der Waals surface area contributed by atoms with Gasteiger partial charge in [0.1, 0.15) is 5.76 Å². The van der Waals surface area contributed by atoms with Gasteiger partial charge in [0.2, 0.25) is 5.91 Å². The average Bonchev–Trinajstić information content (AvgIpc) is 2.90. The fourth-order valence-electron chi connectivity index (χ4n) is 2.74. The van der Waals surface area contributed by atoms with Gasteiger partial charge in [-0.15, -0.1) is 0 Å². The van der Waals surface area contributed by atoms with E-state index in [1.54, 1.807) is 6.26 Å². The highest BCUT2D eigenvalue weighted by atomic mass is 16.3. The highest BCUT2D eigenvalue weighted by Crippen LogP contribution is 2.34. The third-order valence-electron chi connectivity index (χ3n) is 3.77. The molecule has 2 N–H and O–H groups in total. The Labute approximate surface area is 108 Å². The quantitative estimate of drug-likeness (QED) is 0.841. The van der Waals surface area contributed by atoms with Gasteiger partial charge in [0.05, 0.1) is 18.2 Å². The van der Waals surface area contributed by atoms with Crippen LogP contribution in [0.5, 0.6) is 0 Å². The maximum absolute atomic E-state index is 12.4. The van der Waals surface area contributed by atoms with Gasteiger partial charge in [-0.3, -0.25) is 4.79 Å². The highest BCUT2D eigenvalue weighted by molar-refractivity contribution is 5.82. The molecule has 1 aliphatic rings. The first-order valence-corrected chi connectivity index (χ1v) is 6.78. The largest absolute Gasteiger partial charge is 0.467 e. The van der Waals surface area contributed by atoms with E-state index in [1.807, 2.05) is 12.1 Å². The van der Waals surface area contributed by atoms with E-state index in [-0.39, 0.29) is 11.3 Å². The number of amides is 1. The Hall–Kier alpha value is -1.29. The lowest BCUT2D eigenvalue weighted by Gasteiger charge is -2.36. The zero-order valence-corrected chi connectivity index (χ0v) is 11.0. The second-order valence-corrected chi connectivity index (χ2v) is 5.04. The van der Waals surface area contributed by atoms with Gasteiger partial charge in [-0.05, 0) is 44.5 Å². The molecule has 100 valence electrons. The fraction of sp³-hybridized carbons (Fsp3) is 0.643. The van der Waals surface area contributed by atoms with Gasteiger partial charge in [-0.1, -0.05) is 13.3 Å². The number of piperidine rings is 1. The zero-order valence-electron chi connectivity index (χ0n) is 11.0. The molecule has 0 atom stereocenters. The Kier molecular flexibility index (Phi) is 4.42. The molecule has 0 saturated carbocycles. The van der Waals surface area contributed by atoms with Crippen LogP contribution in [0.2, 0.25) is 0 Å². The van der Waals surface area contributed by atoms with E-state index in [1.165, 1.54) is 0 Å². The van der Waals surface area contributed by atoms with Gasteiger partial charge < -0.3 is 15.1 Å². The van der Waals surface area contributed by atoms with Gasteiger partial charge >= 0.3 is 0 Å². The van der Waals surface area contributed by atoms with Gasteiger partial charge in [0.25, 0.3) is 0 Å². The molecular weight excluding hydrogens is 228 g/mol. The van der Waals surface area contributed by atoms with Crippen molar-refractivity contribution < 1.29 is 9.21 Å². The van der Waals surface area contributed by atoms with Gasteiger partial charge in [-0.25, -0.2) is 0 Å². The van der Waals surface area contributed by atoms with Crippen LogP contribution in [0.1, 0.15) is 38.4 Å². The van der Waals surface area contributed by atoms with Crippen molar-refractivity contribution in [1.29, 1.82) is 0 Å². The smallest absolute Gasteiger partial charge is 0.226 e. The third-order valence-corrected chi connectivity index (χ3v) is 3.77. The summed E-state index contributed by atoms with van der Waals surface area (Å²) in [6, 6.07) is 3.73. The van der Waals surface area contributed by atoms with Crippen molar-refractivity contribution in [2.24, 2.45) is 5.41 Å². The molecule has 0 spiro atoms. The van der Waals surface area contributed by atoms with E-state index < -0.39 is 0 Å². The Morgan fingerprint density at radius 1 is 1.50 bits per heavy atom. The van der Waals surface area contributed by atoms with Crippen molar-refractivity contribution in [2.45, 2.75) is 39.2 Å². The maximum Gasteiger partial charge on any atom is 0.226 e. The summed E-state index contributed by atoms with van der Waals surface area (Å²) in [6.07, 6.45) is 5.52. The Morgan fingerprint density at radius 3 is 2.89 bits per heavy atom. The summed E-state index contributed by atoms with van der Waals surface area (Å²) in [5.41, 5.74) is -0.174. The van der Waals surface area contributed by atoms with Crippen LogP contribution in [0, 0.1) is 5.41 Å². The van der Waals surface area contributed by atoms with Gasteiger partial charge in [0.15, 0.2) is 0 Å². The standard InChI is InChI=1S/C14H22N2O2/c1-2-5-14(6-8-15-9-7-14)13(17)16-11-12-4-3-10-18-12/h3-4,10,15H,2,5-9,11H2,1H3,(H,16,17). The van der Waals surface area contributed by atoms with E-state index in [4.69, 9.17) is 4.42 Å². The van der Waals surface area contributed by atoms with Crippen LogP contribution in [0.25, 0.3) is 0 Å². The minimum absolute atomic E-state index is 0.174. The monoisotopic (exact) mass is 250 g/mol. The molecule has 0 radical (unpaired) electrons. The highest BCUT2D eigenvalue weighted by Gasteiger charge is 2.38. The van der Waals surface area contributed by atoms with Crippen LogP contribution in [0.3, 0.4) is 0 Å². The second kappa shape index (κ2) is 6.05. The normalized spacial score (nSPS) is 18.5. The predicted octanol–water partition coefficient (Wildman–Crippen LogP) is 2.07. The molecule has 1 aromatic rings. The molecule has 1 amide bonds. The van der Waals surface area contributed by atoms with Crippen LogP contribution in [-0.4, -0.2) is 19.0 Å². The van der Waals surface area contributed by atoms with E-state index in [2.05, 4.69) is 17.6 Å². The topological polar surface area (TPSA) is 54.3 Å². The number of carbonyl (C=O) groups excluding carboxylic acids is 1. The lowest BCUT2D eigenvalue weighted by atomic mass is 9.74. The van der Waals surface area contributed by atoms with Crippen LogP contribution >= 0.6 is 0 Å². The molecule has 1 aromatic heterocycles. The zero-order chi connectivity index (χ0) is 12.8. The predicted molar refractivity (Wildman–Crippen MR) is 70.0 cm³/mol. The number of nitrogens with one attached hydrogen (secondary N) is 2. The van der Waals surface area contributed by atoms with Crippen LogP contribution in [0.4, 0.5) is 0 Å². The molecule has 4 heteroatoms. The molecule has 2 heterocycles. The summed E-state index contributed by atoms with van der Waals surface area (Å²) < 4.78 is 5.24. The first-order valence-electron chi connectivity index (χ1n) is 6.78. The Morgan fingerprint density at radius 2 is 2.28 bits per heavy atom. The average molecular weight is 250 g/mol. The van der Waals surface area contributed by atoms with E-state index >= 15 is 0 Å².